The van der Waals surface area contributed by atoms with Gasteiger partial charge in [-0.3, -0.25) is 0 Å². The summed E-state index contributed by atoms with van der Waals surface area (Å²) in [7, 11) is 0. The van der Waals surface area contributed by atoms with Crippen molar-refractivity contribution in [3.8, 4) is 0 Å². The van der Waals surface area contributed by atoms with E-state index in [1.807, 2.05) is 6.07 Å². The largest absolute Gasteiger partial charge is 0.399 e. The van der Waals surface area contributed by atoms with Crippen LogP contribution in [-0.2, 0) is 0 Å². The summed E-state index contributed by atoms with van der Waals surface area (Å²) in [5.41, 5.74) is 9.22. The molecule has 1 aliphatic heterocycles. The zero-order chi connectivity index (χ0) is 10.1. The molecule has 0 amide bonds. The number of nitrogen functional groups attached to an aromatic ring is 1. The quantitative estimate of drug-likeness (QED) is 0.726. The fourth-order valence-electron chi connectivity index (χ4n) is 2.06. The second kappa shape index (κ2) is 3.52. The topological polar surface area (TPSA) is 29.3 Å². The number of benzene rings is 1. The van der Waals surface area contributed by atoms with Crippen LogP contribution >= 0.6 is 0 Å². The lowest BCUT2D eigenvalue weighted by molar-refractivity contribution is 0.398. The van der Waals surface area contributed by atoms with Crippen LogP contribution in [0, 0.1) is 12.8 Å². The first kappa shape index (κ1) is 9.38. The van der Waals surface area contributed by atoms with Gasteiger partial charge in [0, 0.05) is 24.5 Å². The average molecular weight is 190 g/mol. The molecule has 0 spiro atoms. The Balaban J connectivity index is 2.11. The van der Waals surface area contributed by atoms with Crippen molar-refractivity contribution < 1.29 is 0 Å². The van der Waals surface area contributed by atoms with E-state index < -0.39 is 0 Å². The van der Waals surface area contributed by atoms with Crippen molar-refractivity contribution in [3.05, 3.63) is 23.8 Å². The van der Waals surface area contributed by atoms with Gasteiger partial charge in [0.25, 0.3) is 0 Å². The van der Waals surface area contributed by atoms with E-state index in [9.17, 15) is 0 Å². The van der Waals surface area contributed by atoms with Gasteiger partial charge >= 0.3 is 0 Å². The minimum atomic E-state index is 0.860. The van der Waals surface area contributed by atoms with Crippen molar-refractivity contribution in [1.29, 1.82) is 0 Å². The Hall–Kier alpha value is -1.18. The summed E-state index contributed by atoms with van der Waals surface area (Å²) in [4.78, 5) is 2.43. The molecule has 0 bridgehead atoms. The predicted molar refractivity (Wildman–Crippen MR) is 61.6 cm³/mol. The molecule has 2 N–H and O–H groups in total. The van der Waals surface area contributed by atoms with Crippen LogP contribution in [0.1, 0.15) is 18.9 Å². The molecule has 1 aliphatic rings. The van der Waals surface area contributed by atoms with Gasteiger partial charge in [-0.25, -0.2) is 0 Å². The van der Waals surface area contributed by atoms with E-state index in [0.717, 1.165) is 11.6 Å². The Morgan fingerprint density at radius 2 is 2.14 bits per heavy atom. The first-order chi connectivity index (χ1) is 6.70. The van der Waals surface area contributed by atoms with Gasteiger partial charge in [0.2, 0.25) is 0 Å². The normalized spacial score (nSPS) is 16.9. The molecule has 0 aliphatic carbocycles. The number of hydrogen-bond donors (Lipinski definition) is 1. The summed E-state index contributed by atoms with van der Waals surface area (Å²) in [5, 5.41) is 0. The van der Waals surface area contributed by atoms with Crippen LogP contribution in [0.2, 0.25) is 0 Å². The second-order valence-corrected chi connectivity index (χ2v) is 4.23. The maximum absolute atomic E-state index is 5.72. The molecule has 0 unspecified atom stereocenters. The molecule has 1 aromatic carbocycles. The fraction of sp³-hybridized carbons (Fsp3) is 0.500. The molecular formula is C12H18N2. The maximum Gasteiger partial charge on any atom is 0.0397 e. The maximum atomic E-state index is 5.72. The Labute approximate surface area is 85.7 Å². The Morgan fingerprint density at radius 3 is 2.71 bits per heavy atom. The smallest absolute Gasteiger partial charge is 0.0397 e. The molecule has 0 radical (unpaired) electrons. The average Bonchev–Trinajstić information content (AvgIpc) is 2.06. The first-order valence-corrected chi connectivity index (χ1v) is 5.31. The number of rotatable bonds is 2. The summed E-state index contributed by atoms with van der Waals surface area (Å²) in [6, 6.07) is 6.17. The second-order valence-electron chi connectivity index (χ2n) is 4.23. The van der Waals surface area contributed by atoms with Crippen LogP contribution < -0.4 is 10.6 Å². The lowest BCUT2D eigenvalue weighted by Crippen LogP contribution is -2.46. The van der Waals surface area contributed by atoms with Crippen molar-refractivity contribution in [2.24, 2.45) is 5.92 Å². The minimum absolute atomic E-state index is 0.860. The van der Waals surface area contributed by atoms with E-state index in [1.54, 1.807) is 0 Å². The first-order valence-electron chi connectivity index (χ1n) is 5.31. The summed E-state index contributed by atoms with van der Waals surface area (Å²) < 4.78 is 0. The molecule has 1 fully saturated rings. The number of aryl methyl sites for hydroxylation is 1. The summed E-state index contributed by atoms with van der Waals surface area (Å²) in [6.45, 7) is 6.81. The summed E-state index contributed by atoms with van der Waals surface area (Å²) >= 11 is 0. The predicted octanol–water partition coefficient (Wildman–Crippen LogP) is 2.42. The van der Waals surface area contributed by atoms with Gasteiger partial charge in [0.15, 0.2) is 0 Å². The third kappa shape index (κ3) is 1.57. The van der Waals surface area contributed by atoms with Gasteiger partial charge in [0.05, 0.1) is 0 Å². The summed E-state index contributed by atoms with van der Waals surface area (Å²) in [5.74, 6) is 0.895. The van der Waals surface area contributed by atoms with Crippen molar-refractivity contribution in [1.82, 2.24) is 0 Å². The van der Waals surface area contributed by atoms with Crippen LogP contribution in [-0.4, -0.2) is 13.1 Å². The van der Waals surface area contributed by atoms with Gasteiger partial charge in [-0.05, 0) is 43.0 Å². The molecule has 0 saturated carbocycles. The van der Waals surface area contributed by atoms with Crippen LogP contribution in [0.15, 0.2) is 18.2 Å². The number of anilines is 2. The molecule has 0 atom stereocenters. The highest BCUT2D eigenvalue weighted by Crippen LogP contribution is 2.29. The van der Waals surface area contributed by atoms with Gasteiger partial charge in [-0.15, -0.1) is 0 Å². The molecule has 1 aromatic rings. The monoisotopic (exact) mass is 190 g/mol. The molecule has 1 saturated heterocycles. The lowest BCUT2D eigenvalue weighted by atomic mass is 9.95. The van der Waals surface area contributed by atoms with Gasteiger partial charge in [-0.1, -0.05) is 6.92 Å². The fourth-order valence-corrected chi connectivity index (χ4v) is 2.06. The van der Waals surface area contributed by atoms with Crippen LogP contribution in [0.25, 0.3) is 0 Å². The van der Waals surface area contributed by atoms with E-state index in [4.69, 9.17) is 5.73 Å². The zero-order valence-electron chi connectivity index (χ0n) is 8.96. The van der Waals surface area contributed by atoms with E-state index in [0.29, 0.717) is 0 Å². The highest BCUT2D eigenvalue weighted by molar-refractivity contribution is 5.60. The van der Waals surface area contributed by atoms with E-state index in [1.165, 1.54) is 30.8 Å². The van der Waals surface area contributed by atoms with Crippen LogP contribution in [0.4, 0.5) is 11.4 Å². The number of nitrogens with zero attached hydrogens (tertiary/aromatic N) is 1. The van der Waals surface area contributed by atoms with Crippen molar-refractivity contribution in [2.75, 3.05) is 23.7 Å². The molecule has 2 nitrogen and oxygen atoms in total. The van der Waals surface area contributed by atoms with Gasteiger partial charge < -0.3 is 10.6 Å². The molecular weight excluding hydrogens is 172 g/mol. The SMILES string of the molecule is CCC1CN(c2ccc(N)cc2C)C1. The molecule has 1 heterocycles. The Bertz CT molecular complexity index is 327. The molecule has 0 aromatic heterocycles. The number of nitrogens with two attached hydrogens (primary N) is 1. The van der Waals surface area contributed by atoms with E-state index in [-0.39, 0.29) is 0 Å². The van der Waals surface area contributed by atoms with Gasteiger partial charge in [-0.2, -0.15) is 0 Å². The molecule has 2 heteroatoms. The van der Waals surface area contributed by atoms with Crippen LogP contribution in [0.5, 0.6) is 0 Å². The lowest BCUT2D eigenvalue weighted by Gasteiger charge is -2.41. The van der Waals surface area contributed by atoms with Crippen LogP contribution in [0.3, 0.4) is 0 Å². The third-order valence-corrected chi connectivity index (χ3v) is 3.10. The number of hydrogen-bond acceptors (Lipinski definition) is 2. The third-order valence-electron chi connectivity index (χ3n) is 3.10. The summed E-state index contributed by atoms with van der Waals surface area (Å²) in [6.07, 6.45) is 1.30. The van der Waals surface area contributed by atoms with E-state index >= 15 is 0 Å². The van der Waals surface area contributed by atoms with Crippen molar-refractivity contribution in [3.63, 3.8) is 0 Å². The molecule has 14 heavy (non-hydrogen) atoms. The van der Waals surface area contributed by atoms with Crippen molar-refractivity contribution in [2.45, 2.75) is 20.3 Å². The van der Waals surface area contributed by atoms with Gasteiger partial charge in [0.1, 0.15) is 0 Å². The van der Waals surface area contributed by atoms with E-state index in [2.05, 4.69) is 30.9 Å². The highest BCUT2D eigenvalue weighted by atomic mass is 15.2. The standard InChI is InChI=1S/C12H18N2/c1-3-10-7-14(8-10)12-5-4-11(13)6-9(12)2/h4-6,10H,3,7-8,13H2,1-2H3. The Morgan fingerprint density at radius 1 is 1.43 bits per heavy atom. The van der Waals surface area contributed by atoms with Crippen molar-refractivity contribution >= 4 is 11.4 Å². The minimum Gasteiger partial charge on any atom is -0.399 e. The zero-order valence-corrected chi connectivity index (χ0v) is 8.96. The molecule has 76 valence electrons. The Kier molecular flexibility index (Phi) is 2.36. The molecule has 2 rings (SSSR count). The highest BCUT2D eigenvalue weighted by Gasteiger charge is 2.25.